The van der Waals surface area contributed by atoms with Crippen molar-refractivity contribution in [2.45, 2.75) is 50.2 Å². The molecule has 1 saturated carbocycles. The van der Waals surface area contributed by atoms with Gasteiger partial charge in [-0.3, -0.25) is 4.90 Å². The van der Waals surface area contributed by atoms with Gasteiger partial charge < -0.3 is 19.7 Å². The first-order chi connectivity index (χ1) is 17.5. The number of phenols is 2. The number of benzene rings is 3. The summed E-state index contributed by atoms with van der Waals surface area (Å²) < 4.78 is 27.4. The lowest BCUT2D eigenvalue weighted by molar-refractivity contribution is 0.123. The summed E-state index contributed by atoms with van der Waals surface area (Å²) in [5.41, 5.74) is 2.27. The molecule has 1 saturated heterocycles. The zero-order chi connectivity index (χ0) is 24.8. The smallest absolute Gasteiger partial charge is 0.171 e. The largest absolute Gasteiger partial charge is 0.508 e. The number of likely N-dealkylation sites (tertiary alicyclic amines) is 1. The Morgan fingerprint density at radius 2 is 1.69 bits per heavy atom. The van der Waals surface area contributed by atoms with Crippen molar-refractivity contribution in [3.8, 4) is 23.0 Å². The number of ether oxygens (including phenoxy) is 2. The van der Waals surface area contributed by atoms with Crippen molar-refractivity contribution in [2.75, 3.05) is 19.7 Å². The topological polar surface area (TPSA) is 62.2 Å². The number of aromatic hydroxyl groups is 2. The van der Waals surface area contributed by atoms with Crippen LogP contribution in [0.3, 0.4) is 0 Å². The summed E-state index contributed by atoms with van der Waals surface area (Å²) in [7, 11) is 0. The number of hydrogen-bond donors (Lipinski definition) is 2. The van der Waals surface area contributed by atoms with Crippen LogP contribution in [0.15, 0.2) is 60.7 Å². The summed E-state index contributed by atoms with van der Waals surface area (Å²) in [5.74, 6) is 0.849. The summed E-state index contributed by atoms with van der Waals surface area (Å²) in [6.07, 6.45) is 3.67. The third kappa shape index (κ3) is 4.07. The van der Waals surface area contributed by atoms with Crippen molar-refractivity contribution < 1.29 is 24.1 Å². The molecule has 2 aliphatic heterocycles. The minimum Gasteiger partial charge on any atom is -0.508 e. The first-order valence-corrected chi connectivity index (χ1v) is 12.9. The van der Waals surface area contributed by atoms with E-state index >= 15 is 0 Å². The maximum Gasteiger partial charge on any atom is 0.171 e. The first-order valence-electron chi connectivity index (χ1n) is 12.9. The maximum atomic E-state index is 15.0. The van der Waals surface area contributed by atoms with E-state index in [1.54, 1.807) is 18.2 Å². The van der Waals surface area contributed by atoms with E-state index in [4.69, 9.17) is 9.47 Å². The molecule has 0 spiro atoms. The third-order valence-corrected chi connectivity index (χ3v) is 8.46. The number of hydrogen-bond acceptors (Lipinski definition) is 5. The molecule has 3 aliphatic rings. The zero-order valence-electron chi connectivity index (χ0n) is 20.4. The second kappa shape index (κ2) is 9.32. The van der Waals surface area contributed by atoms with Gasteiger partial charge in [-0.05, 0) is 85.2 Å². The summed E-state index contributed by atoms with van der Waals surface area (Å²) in [5, 5.41) is 19.8. The van der Waals surface area contributed by atoms with E-state index in [9.17, 15) is 14.6 Å². The molecule has 6 rings (SSSR count). The summed E-state index contributed by atoms with van der Waals surface area (Å²) in [6.45, 7) is 4.78. The average Bonchev–Trinajstić information content (AvgIpc) is 3.14. The number of phenolic OH excluding ortho intramolecular Hbond substituents is 2. The molecule has 5 atom stereocenters. The Balaban J connectivity index is 1.23. The lowest BCUT2D eigenvalue weighted by Gasteiger charge is -2.39. The number of halogens is 1. The van der Waals surface area contributed by atoms with Gasteiger partial charge in [-0.15, -0.1) is 0 Å². The minimum atomic E-state index is -0.641. The van der Waals surface area contributed by atoms with Crippen LogP contribution in [0.2, 0.25) is 0 Å². The van der Waals surface area contributed by atoms with Crippen LogP contribution in [0.25, 0.3) is 0 Å². The molecule has 1 aliphatic carbocycles. The SMILES string of the molecule is C[C@@H]1c2c(ccc(O)c2F)O[C@@H](c2ccc(OCCN3CC[C@@H]4CC[C@@H]43)cc2)[C@H]1c1ccc(O)cc1. The highest BCUT2D eigenvalue weighted by Crippen LogP contribution is 2.53. The van der Waals surface area contributed by atoms with E-state index in [0.717, 1.165) is 35.4 Å². The molecule has 0 bridgehead atoms. The van der Waals surface area contributed by atoms with Crippen LogP contribution >= 0.6 is 0 Å². The van der Waals surface area contributed by atoms with Crippen LogP contribution in [0, 0.1) is 11.7 Å². The zero-order valence-corrected chi connectivity index (χ0v) is 20.4. The van der Waals surface area contributed by atoms with Crippen LogP contribution in [0.5, 0.6) is 23.0 Å². The van der Waals surface area contributed by atoms with Crippen molar-refractivity contribution in [3.63, 3.8) is 0 Å². The summed E-state index contributed by atoms with van der Waals surface area (Å²) in [4.78, 5) is 2.57. The Labute approximate surface area is 211 Å². The fourth-order valence-corrected chi connectivity index (χ4v) is 6.36. The quantitative estimate of drug-likeness (QED) is 0.437. The Kier molecular flexibility index (Phi) is 6.00. The van der Waals surface area contributed by atoms with E-state index in [1.807, 2.05) is 43.3 Å². The molecule has 0 aromatic heterocycles. The van der Waals surface area contributed by atoms with Gasteiger partial charge in [-0.1, -0.05) is 31.2 Å². The van der Waals surface area contributed by atoms with E-state index in [2.05, 4.69) is 4.90 Å². The van der Waals surface area contributed by atoms with Gasteiger partial charge in [0.25, 0.3) is 0 Å². The summed E-state index contributed by atoms with van der Waals surface area (Å²) >= 11 is 0. The Hall–Kier alpha value is -3.25. The van der Waals surface area contributed by atoms with Gasteiger partial charge in [-0.2, -0.15) is 0 Å². The van der Waals surface area contributed by atoms with E-state index in [1.165, 1.54) is 31.9 Å². The fourth-order valence-electron chi connectivity index (χ4n) is 6.36. The summed E-state index contributed by atoms with van der Waals surface area (Å²) in [6, 6.07) is 18.7. The van der Waals surface area contributed by atoms with Crippen LogP contribution in [-0.2, 0) is 0 Å². The molecule has 2 heterocycles. The Morgan fingerprint density at radius 3 is 2.39 bits per heavy atom. The van der Waals surface area contributed by atoms with Gasteiger partial charge in [0.05, 0.1) is 0 Å². The van der Waals surface area contributed by atoms with E-state index in [0.29, 0.717) is 17.9 Å². The fraction of sp³-hybridized carbons (Fsp3) is 0.400. The van der Waals surface area contributed by atoms with Crippen LogP contribution < -0.4 is 9.47 Å². The Morgan fingerprint density at radius 1 is 0.944 bits per heavy atom. The standard InChI is InChI=1S/C30H32FNO4/c1-18-27(20-2-7-22(33)8-3-20)30(36-26-13-12-25(34)29(31)28(18)26)21-4-9-23(10-5-21)35-17-16-32-15-14-19-6-11-24(19)32/h2-5,7-10,12-13,18-19,24,27,30,33-34H,6,11,14-17H2,1H3/t18-,19-,24-,27+,30-/m0/s1. The molecular weight excluding hydrogens is 457 g/mol. The second-order valence-corrected chi connectivity index (χ2v) is 10.4. The minimum absolute atomic E-state index is 0.173. The molecule has 5 nitrogen and oxygen atoms in total. The monoisotopic (exact) mass is 489 g/mol. The lowest BCUT2D eigenvalue weighted by atomic mass is 9.75. The molecule has 3 aromatic carbocycles. The highest BCUT2D eigenvalue weighted by atomic mass is 19.1. The molecule has 0 amide bonds. The maximum absolute atomic E-state index is 15.0. The van der Waals surface area contributed by atoms with Crippen LogP contribution in [-0.4, -0.2) is 40.9 Å². The normalized spacial score (nSPS) is 27.0. The van der Waals surface area contributed by atoms with E-state index in [-0.39, 0.29) is 29.4 Å². The average molecular weight is 490 g/mol. The molecule has 0 unspecified atom stereocenters. The number of fused-ring (bicyclic) bond motifs is 2. The molecule has 2 fully saturated rings. The Bertz CT molecular complexity index is 1230. The molecule has 0 radical (unpaired) electrons. The van der Waals surface area contributed by atoms with E-state index < -0.39 is 5.82 Å². The van der Waals surface area contributed by atoms with Gasteiger partial charge in [0, 0.05) is 24.1 Å². The van der Waals surface area contributed by atoms with Crippen molar-refractivity contribution in [1.29, 1.82) is 0 Å². The van der Waals surface area contributed by atoms with Crippen molar-refractivity contribution >= 4 is 0 Å². The van der Waals surface area contributed by atoms with Gasteiger partial charge in [0.15, 0.2) is 11.6 Å². The van der Waals surface area contributed by atoms with Gasteiger partial charge >= 0.3 is 0 Å². The predicted molar refractivity (Wildman–Crippen MR) is 135 cm³/mol. The van der Waals surface area contributed by atoms with Crippen molar-refractivity contribution in [3.05, 3.63) is 83.2 Å². The number of rotatable bonds is 6. The molecule has 2 N–H and O–H groups in total. The van der Waals surface area contributed by atoms with Gasteiger partial charge in [0.1, 0.15) is 30.0 Å². The molecule has 36 heavy (non-hydrogen) atoms. The van der Waals surface area contributed by atoms with Crippen LogP contribution in [0.1, 0.15) is 60.8 Å². The first kappa shape index (κ1) is 23.2. The van der Waals surface area contributed by atoms with Gasteiger partial charge in [-0.25, -0.2) is 4.39 Å². The van der Waals surface area contributed by atoms with Crippen LogP contribution in [0.4, 0.5) is 4.39 Å². The highest BCUT2D eigenvalue weighted by molar-refractivity contribution is 5.49. The van der Waals surface area contributed by atoms with Crippen molar-refractivity contribution in [1.82, 2.24) is 4.90 Å². The van der Waals surface area contributed by atoms with Crippen molar-refractivity contribution in [2.24, 2.45) is 5.92 Å². The highest BCUT2D eigenvalue weighted by Gasteiger charge is 2.41. The molecule has 6 heteroatoms. The third-order valence-electron chi connectivity index (χ3n) is 8.46. The molecule has 3 aromatic rings. The molecular formula is C30H32FNO4. The number of nitrogens with zero attached hydrogens (tertiary/aromatic N) is 1. The van der Waals surface area contributed by atoms with Gasteiger partial charge in [0.2, 0.25) is 0 Å². The predicted octanol–water partition coefficient (Wildman–Crippen LogP) is 6.12. The second-order valence-electron chi connectivity index (χ2n) is 10.4. The molecule has 188 valence electrons. The lowest BCUT2D eigenvalue weighted by Crippen LogP contribution is -2.41.